The first-order chi connectivity index (χ1) is 12.6. The van der Waals surface area contributed by atoms with Gasteiger partial charge in [0.2, 0.25) is 0 Å². The molecule has 2 atom stereocenters. The highest BCUT2D eigenvalue weighted by Crippen LogP contribution is 2.45. The second kappa shape index (κ2) is 5.62. The molecule has 0 spiro atoms. The maximum Gasteiger partial charge on any atom is 0.257 e. The first-order valence-corrected chi connectivity index (χ1v) is 8.47. The summed E-state index contributed by atoms with van der Waals surface area (Å²) in [5.41, 5.74) is 1.91. The van der Waals surface area contributed by atoms with Crippen LogP contribution in [0.5, 0.6) is 5.75 Å². The van der Waals surface area contributed by atoms with Crippen LogP contribution in [0.2, 0.25) is 0 Å². The maximum atomic E-state index is 6.49. The molecule has 2 saturated heterocycles. The topological polar surface area (TPSA) is 46.2 Å². The molecule has 2 aromatic rings. The molecule has 0 saturated carbocycles. The van der Waals surface area contributed by atoms with E-state index in [9.17, 15) is 0 Å². The Morgan fingerprint density at radius 3 is 1.69 bits per heavy atom. The highest BCUT2D eigenvalue weighted by molar-refractivity contribution is 5.65. The average molecular weight is 350 g/mol. The molecule has 2 aromatic carbocycles. The van der Waals surface area contributed by atoms with E-state index in [-0.39, 0.29) is 0 Å². The van der Waals surface area contributed by atoms with Crippen LogP contribution in [0.3, 0.4) is 0 Å². The van der Waals surface area contributed by atoms with Gasteiger partial charge >= 0.3 is 0 Å². The minimum atomic E-state index is -1.17. The van der Waals surface area contributed by atoms with Crippen LogP contribution in [0.1, 0.15) is 5.56 Å². The summed E-state index contributed by atoms with van der Waals surface area (Å²) in [6.07, 6.45) is -1.54. The Morgan fingerprint density at radius 2 is 1.23 bits per heavy atom. The van der Waals surface area contributed by atoms with E-state index in [0.717, 1.165) is 16.7 Å². The van der Waals surface area contributed by atoms with Crippen molar-refractivity contribution < 1.29 is 23.7 Å². The normalized spacial score (nSPS) is 29.4. The zero-order valence-corrected chi connectivity index (χ0v) is 14.1. The third kappa shape index (κ3) is 2.25. The van der Waals surface area contributed by atoms with Crippen LogP contribution in [0, 0.1) is 0 Å². The monoisotopic (exact) mass is 350 g/mol. The lowest BCUT2D eigenvalue weighted by Crippen LogP contribution is -2.55. The predicted molar refractivity (Wildman–Crippen MR) is 94.1 cm³/mol. The van der Waals surface area contributed by atoms with Crippen molar-refractivity contribution in [2.24, 2.45) is 0 Å². The van der Waals surface area contributed by atoms with Gasteiger partial charge in [-0.15, -0.1) is 0 Å². The molecule has 0 amide bonds. The third-order valence-corrected chi connectivity index (χ3v) is 4.85. The zero-order valence-electron chi connectivity index (χ0n) is 14.1. The van der Waals surface area contributed by atoms with Crippen molar-refractivity contribution >= 4 is 0 Å². The van der Waals surface area contributed by atoms with Crippen LogP contribution in [0.4, 0.5) is 0 Å². The molecule has 0 N–H and O–H groups in total. The van der Waals surface area contributed by atoms with E-state index in [2.05, 4.69) is 13.2 Å². The van der Waals surface area contributed by atoms with E-state index < -0.39 is 18.2 Å². The molecule has 5 heteroatoms. The van der Waals surface area contributed by atoms with Gasteiger partial charge < -0.3 is 23.7 Å². The fraction of sp³-hybridized carbons (Fsp3) is 0.238. The fourth-order valence-electron chi connectivity index (χ4n) is 3.57. The highest BCUT2D eigenvalue weighted by Gasteiger charge is 2.58. The number of hydrogen-bond acceptors (Lipinski definition) is 5. The van der Waals surface area contributed by atoms with Gasteiger partial charge in [0, 0.05) is 5.56 Å². The van der Waals surface area contributed by atoms with E-state index in [1.54, 1.807) is 0 Å². The molecule has 2 fully saturated rings. The molecule has 2 unspecified atom stereocenters. The molecule has 0 radical (unpaired) electrons. The summed E-state index contributed by atoms with van der Waals surface area (Å²) in [6, 6.07) is 16.0. The van der Waals surface area contributed by atoms with Gasteiger partial charge in [-0.3, -0.25) is 0 Å². The second-order valence-electron chi connectivity index (χ2n) is 6.60. The molecule has 0 aliphatic carbocycles. The summed E-state index contributed by atoms with van der Waals surface area (Å²) < 4.78 is 30.0. The van der Waals surface area contributed by atoms with Gasteiger partial charge in [-0.1, -0.05) is 49.6 Å². The Kier molecular flexibility index (Phi) is 3.35. The SMILES string of the molecule is C=C1COC(C2(C3OCC(=C)O3)Oc3ccc(cc3)-c3ccc2cc3)O1. The molecular weight excluding hydrogens is 332 g/mol. The van der Waals surface area contributed by atoms with Crippen molar-refractivity contribution in [2.45, 2.75) is 18.2 Å². The minimum Gasteiger partial charge on any atom is -0.469 e. The third-order valence-electron chi connectivity index (χ3n) is 4.85. The smallest absolute Gasteiger partial charge is 0.257 e. The Hall–Kier alpha value is -2.76. The molecule has 26 heavy (non-hydrogen) atoms. The van der Waals surface area contributed by atoms with Crippen molar-refractivity contribution in [3.05, 3.63) is 78.8 Å². The minimum absolute atomic E-state index is 0.292. The Bertz CT molecular complexity index is 842. The van der Waals surface area contributed by atoms with Gasteiger partial charge in [0.1, 0.15) is 30.5 Å². The molecule has 0 aromatic heterocycles. The van der Waals surface area contributed by atoms with Crippen LogP contribution in [0.15, 0.2) is 73.2 Å². The number of rotatable bonds is 2. The van der Waals surface area contributed by atoms with Crippen LogP contribution in [0.25, 0.3) is 11.1 Å². The van der Waals surface area contributed by atoms with Gasteiger partial charge in [0.05, 0.1) is 0 Å². The highest BCUT2D eigenvalue weighted by atomic mass is 16.8. The predicted octanol–water partition coefficient (Wildman–Crippen LogP) is 3.71. The first-order valence-electron chi connectivity index (χ1n) is 8.47. The Labute approximate surface area is 151 Å². The van der Waals surface area contributed by atoms with E-state index in [1.807, 2.05) is 48.5 Å². The molecule has 6 aliphatic heterocycles. The molecule has 132 valence electrons. The summed E-state index contributed by atoms with van der Waals surface area (Å²) in [4.78, 5) is 0. The molecule has 4 bridgehead atoms. The van der Waals surface area contributed by atoms with Gasteiger partial charge in [0.25, 0.3) is 18.2 Å². The fourth-order valence-corrected chi connectivity index (χ4v) is 3.57. The lowest BCUT2D eigenvalue weighted by Gasteiger charge is -2.40. The Balaban J connectivity index is 1.72. The van der Waals surface area contributed by atoms with E-state index in [0.29, 0.717) is 30.5 Å². The quantitative estimate of drug-likeness (QED) is 0.826. The van der Waals surface area contributed by atoms with Crippen molar-refractivity contribution in [1.82, 2.24) is 0 Å². The van der Waals surface area contributed by atoms with E-state index in [1.165, 1.54) is 0 Å². The summed E-state index contributed by atoms with van der Waals surface area (Å²) >= 11 is 0. The summed E-state index contributed by atoms with van der Waals surface area (Å²) in [6.45, 7) is 8.32. The van der Waals surface area contributed by atoms with Crippen molar-refractivity contribution in [3.63, 3.8) is 0 Å². The van der Waals surface area contributed by atoms with E-state index >= 15 is 0 Å². The zero-order chi connectivity index (χ0) is 17.7. The maximum absolute atomic E-state index is 6.49. The molecule has 6 aliphatic rings. The molecule has 8 rings (SSSR count). The Morgan fingerprint density at radius 1 is 0.731 bits per heavy atom. The summed E-state index contributed by atoms with van der Waals surface area (Å²) in [7, 11) is 0. The summed E-state index contributed by atoms with van der Waals surface area (Å²) in [5, 5.41) is 0. The number of ether oxygens (including phenoxy) is 5. The van der Waals surface area contributed by atoms with Crippen molar-refractivity contribution in [1.29, 1.82) is 0 Å². The van der Waals surface area contributed by atoms with Gasteiger partial charge in [-0.2, -0.15) is 0 Å². The molecule has 5 nitrogen and oxygen atoms in total. The second-order valence-corrected chi connectivity index (χ2v) is 6.60. The lowest BCUT2D eigenvalue weighted by molar-refractivity contribution is -0.258. The number of hydrogen-bond donors (Lipinski definition) is 0. The van der Waals surface area contributed by atoms with Crippen LogP contribution in [-0.4, -0.2) is 25.8 Å². The summed E-state index contributed by atoms with van der Waals surface area (Å²) in [5.74, 6) is 1.75. The first kappa shape index (κ1) is 15.5. The van der Waals surface area contributed by atoms with Crippen LogP contribution in [-0.2, 0) is 24.5 Å². The largest absolute Gasteiger partial charge is 0.469 e. The standard InChI is InChI=1S/C21H18O5/c1-13-11-22-19(24-13)21(20-23-12-14(2)25-20)17-7-3-15(4-8-17)16-5-9-18(26-21)10-6-16/h3-10,19-20H,1-2,11-12H2. The van der Waals surface area contributed by atoms with Gasteiger partial charge in [-0.25, -0.2) is 0 Å². The van der Waals surface area contributed by atoms with Crippen LogP contribution < -0.4 is 4.74 Å². The van der Waals surface area contributed by atoms with E-state index in [4.69, 9.17) is 23.7 Å². The number of benzene rings is 2. The van der Waals surface area contributed by atoms with Crippen LogP contribution >= 0.6 is 0 Å². The van der Waals surface area contributed by atoms with Crippen molar-refractivity contribution in [3.8, 4) is 16.9 Å². The average Bonchev–Trinajstić information content (AvgIpc) is 3.30. The molecule has 6 heterocycles. The van der Waals surface area contributed by atoms with Gasteiger partial charge in [0.15, 0.2) is 0 Å². The van der Waals surface area contributed by atoms with Crippen molar-refractivity contribution in [2.75, 3.05) is 13.2 Å². The van der Waals surface area contributed by atoms with Gasteiger partial charge in [-0.05, 0) is 23.3 Å². The molecular formula is C21H18O5. The lowest BCUT2D eigenvalue weighted by atomic mass is 9.89.